The summed E-state index contributed by atoms with van der Waals surface area (Å²) in [6.07, 6.45) is 1.54. The van der Waals surface area contributed by atoms with E-state index >= 15 is 0 Å². The lowest BCUT2D eigenvalue weighted by atomic mass is 9.98. The molecule has 0 saturated heterocycles. The van der Waals surface area contributed by atoms with E-state index in [1.165, 1.54) is 11.1 Å². The highest BCUT2D eigenvalue weighted by molar-refractivity contribution is 5.86. The second-order valence-corrected chi connectivity index (χ2v) is 6.31. The number of nitrogens with one attached hydrogen (secondary N) is 2. The molecule has 5 heteroatoms. The SMILES string of the molecule is CC[C@H](C)[C@H](NC(N)=O)C(=O)NCCc1ccc(C(C)C)cc1. The molecule has 0 aliphatic heterocycles. The van der Waals surface area contributed by atoms with Crippen molar-refractivity contribution in [1.82, 2.24) is 10.6 Å². The molecule has 128 valence electrons. The third kappa shape index (κ3) is 6.30. The Morgan fingerprint density at radius 3 is 2.22 bits per heavy atom. The Bertz CT molecular complexity index is 512. The summed E-state index contributed by atoms with van der Waals surface area (Å²) in [4.78, 5) is 23.3. The summed E-state index contributed by atoms with van der Waals surface area (Å²) in [5.74, 6) is 0.365. The van der Waals surface area contributed by atoms with Crippen LogP contribution in [0, 0.1) is 5.92 Å². The number of carbonyl (C=O) groups is 2. The van der Waals surface area contributed by atoms with Gasteiger partial charge in [-0.1, -0.05) is 58.4 Å². The third-order valence-corrected chi connectivity index (χ3v) is 4.15. The molecule has 0 fully saturated rings. The van der Waals surface area contributed by atoms with Crippen LogP contribution in [0.15, 0.2) is 24.3 Å². The van der Waals surface area contributed by atoms with Gasteiger partial charge in [0, 0.05) is 6.54 Å². The molecule has 4 N–H and O–H groups in total. The molecule has 5 nitrogen and oxygen atoms in total. The highest BCUT2D eigenvalue weighted by Crippen LogP contribution is 2.14. The van der Waals surface area contributed by atoms with E-state index in [0.29, 0.717) is 12.5 Å². The van der Waals surface area contributed by atoms with Crippen molar-refractivity contribution in [2.75, 3.05) is 6.54 Å². The zero-order valence-corrected chi connectivity index (χ0v) is 14.6. The minimum atomic E-state index is -0.672. The number of amides is 3. The first-order valence-corrected chi connectivity index (χ1v) is 8.27. The Morgan fingerprint density at radius 1 is 1.13 bits per heavy atom. The maximum atomic E-state index is 12.2. The molecule has 0 heterocycles. The molecule has 23 heavy (non-hydrogen) atoms. The Labute approximate surface area is 139 Å². The average molecular weight is 319 g/mol. The number of primary amides is 1. The van der Waals surface area contributed by atoms with Crippen molar-refractivity contribution in [2.45, 2.75) is 52.5 Å². The lowest BCUT2D eigenvalue weighted by Gasteiger charge is -2.22. The van der Waals surface area contributed by atoms with Crippen molar-refractivity contribution in [2.24, 2.45) is 11.7 Å². The Hall–Kier alpha value is -2.04. The lowest BCUT2D eigenvalue weighted by molar-refractivity contribution is -0.124. The van der Waals surface area contributed by atoms with Gasteiger partial charge in [0.1, 0.15) is 6.04 Å². The molecule has 1 aromatic carbocycles. The van der Waals surface area contributed by atoms with Gasteiger partial charge in [-0.25, -0.2) is 4.79 Å². The van der Waals surface area contributed by atoms with Gasteiger partial charge in [0.15, 0.2) is 0 Å². The number of nitrogens with two attached hydrogens (primary N) is 1. The maximum Gasteiger partial charge on any atom is 0.312 e. The van der Waals surface area contributed by atoms with Gasteiger partial charge < -0.3 is 16.4 Å². The van der Waals surface area contributed by atoms with E-state index in [2.05, 4.69) is 48.7 Å². The van der Waals surface area contributed by atoms with Crippen LogP contribution in [0.1, 0.15) is 51.2 Å². The molecule has 0 bridgehead atoms. The standard InChI is InChI=1S/C18H29N3O2/c1-5-13(4)16(21-18(19)23)17(22)20-11-10-14-6-8-15(9-7-14)12(2)3/h6-9,12-13,16H,5,10-11H2,1-4H3,(H,20,22)(H3,19,21,23)/t13-,16-/m0/s1. The summed E-state index contributed by atoms with van der Waals surface area (Å²) in [6, 6.07) is 7.18. The monoisotopic (exact) mass is 319 g/mol. The summed E-state index contributed by atoms with van der Waals surface area (Å²) >= 11 is 0. The summed E-state index contributed by atoms with van der Waals surface area (Å²) in [6.45, 7) is 8.76. The first-order chi connectivity index (χ1) is 10.8. The Balaban J connectivity index is 2.51. The second-order valence-electron chi connectivity index (χ2n) is 6.31. The molecule has 0 aliphatic carbocycles. The molecule has 0 spiro atoms. The van der Waals surface area contributed by atoms with Crippen molar-refractivity contribution in [3.63, 3.8) is 0 Å². The summed E-state index contributed by atoms with van der Waals surface area (Å²) in [5.41, 5.74) is 7.64. The summed E-state index contributed by atoms with van der Waals surface area (Å²) in [5, 5.41) is 5.41. The first-order valence-electron chi connectivity index (χ1n) is 8.27. The fourth-order valence-electron chi connectivity index (χ4n) is 2.36. The van der Waals surface area contributed by atoms with Crippen LogP contribution in [0.5, 0.6) is 0 Å². The molecule has 1 aromatic rings. The van der Waals surface area contributed by atoms with E-state index in [0.717, 1.165) is 12.8 Å². The van der Waals surface area contributed by atoms with Crippen LogP contribution < -0.4 is 16.4 Å². The van der Waals surface area contributed by atoms with Crippen LogP contribution in [-0.4, -0.2) is 24.5 Å². The molecule has 1 rings (SSSR count). The zero-order chi connectivity index (χ0) is 17.4. The van der Waals surface area contributed by atoms with Gasteiger partial charge >= 0.3 is 6.03 Å². The molecule has 0 aliphatic rings. The third-order valence-electron chi connectivity index (χ3n) is 4.15. The van der Waals surface area contributed by atoms with Crippen LogP contribution in [0.4, 0.5) is 4.79 Å². The second kappa shape index (κ2) is 9.18. The predicted molar refractivity (Wildman–Crippen MR) is 93.2 cm³/mol. The minimum absolute atomic E-state index is 0.0350. The number of rotatable bonds is 8. The first kappa shape index (κ1) is 19.0. The highest BCUT2D eigenvalue weighted by Gasteiger charge is 2.24. The van der Waals surface area contributed by atoms with E-state index in [4.69, 9.17) is 5.73 Å². The normalized spacial score (nSPS) is 13.4. The van der Waals surface area contributed by atoms with Crippen molar-refractivity contribution < 1.29 is 9.59 Å². The fraction of sp³-hybridized carbons (Fsp3) is 0.556. The predicted octanol–water partition coefficient (Wildman–Crippen LogP) is 2.55. The number of benzene rings is 1. The molecule has 0 radical (unpaired) electrons. The van der Waals surface area contributed by atoms with E-state index in [1.807, 2.05) is 13.8 Å². The van der Waals surface area contributed by atoms with Crippen LogP contribution in [0.3, 0.4) is 0 Å². The van der Waals surface area contributed by atoms with Gasteiger partial charge in [0.25, 0.3) is 0 Å². The van der Waals surface area contributed by atoms with Crippen molar-refractivity contribution in [3.05, 3.63) is 35.4 Å². The fourth-order valence-corrected chi connectivity index (χ4v) is 2.36. The van der Waals surface area contributed by atoms with E-state index in [9.17, 15) is 9.59 Å². The lowest BCUT2D eigenvalue weighted by Crippen LogP contribution is -2.52. The van der Waals surface area contributed by atoms with Crippen LogP contribution in [-0.2, 0) is 11.2 Å². The molecular weight excluding hydrogens is 290 g/mol. The highest BCUT2D eigenvalue weighted by atomic mass is 16.2. The summed E-state index contributed by atoms with van der Waals surface area (Å²) in [7, 11) is 0. The number of urea groups is 1. The average Bonchev–Trinajstić information content (AvgIpc) is 2.52. The van der Waals surface area contributed by atoms with Crippen LogP contribution in [0.2, 0.25) is 0 Å². The van der Waals surface area contributed by atoms with Crippen molar-refractivity contribution in [3.8, 4) is 0 Å². The van der Waals surface area contributed by atoms with Crippen LogP contribution in [0.25, 0.3) is 0 Å². The largest absolute Gasteiger partial charge is 0.354 e. The van der Waals surface area contributed by atoms with E-state index in [1.54, 1.807) is 0 Å². The Morgan fingerprint density at radius 2 is 1.74 bits per heavy atom. The van der Waals surface area contributed by atoms with Gasteiger partial charge in [-0.3, -0.25) is 4.79 Å². The molecule has 0 saturated carbocycles. The minimum Gasteiger partial charge on any atom is -0.354 e. The van der Waals surface area contributed by atoms with Gasteiger partial charge in [-0.05, 0) is 29.4 Å². The van der Waals surface area contributed by atoms with Crippen molar-refractivity contribution >= 4 is 11.9 Å². The maximum absolute atomic E-state index is 12.2. The number of hydrogen-bond acceptors (Lipinski definition) is 2. The van der Waals surface area contributed by atoms with E-state index < -0.39 is 12.1 Å². The van der Waals surface area contributed by atoms with Gasteiger partial charge in [-0.2, -0.15) is 0 Å². The Kier molecular flexibility index (Phi) is 7.59. The van der Waals surface area contributed by atoms with Gasteiger partial charge in [0.05, 0.1) is 0 Å². The van der Waals surface area contributed by atoms with Crippen molar-refractivity contribution in [1.29, 1.82) is 0 Å². The quantitative estimate of drug-likeness (QED) is 0.688. The van der Waals surface area contributed by atoms with E-state index in [-0.39, 0.29) is 11.8 Å². The molecule has 2 atom stereocenters. The smallest absolute Gasteiger partial charge is 0.312 e. The van der Waals surface area contributed by atoms with Gasteiger partial charge in [-0.15, -0.1) is 0 Å². The molecule has 0 aromatic heterocycles. The number of carbonyl (C=O) groups excluding carboxylic acids is 2. The summed E-state index contributed by atoms with van der Waals surface area (Å²) < 4.78 is 0. The topological polar surface area (TPSA) is 84.2 Å². The molecular formula is C18H29N3O2. The van der Waals surface area contributed by atoms with Crippen LogP contribution >= 0.6 is 0 Å². The zero-order valence-electron chi connectivity index (χ0n) is 14.6. The molecule has 3 amide bonds. The number of hydrogen-bond donors (Lipinski definition) is 3. The van der Waals surface area contributed by atoms with Gasteiger partial charge in [0.2, 0.25) is 5.91 Å². The molecule has 0 unspecified atom stereocenters.